The molecule has 1 aromatic rings. The second-order valence-corrected chi connectivity index (χ2v) is 3.76. The Morgan fingerprint density at radius 2 is 2.00 bits per heavy atom. The van der Waals surface area contributed by atoms with Crippen LogP contribution in [0.15, 0.2) is 24.3 Å². The molecule has 0 fully saturated rings. The van der Waals surface area contributed by atoms with E-state index in [2.05, 4.69) is 12.8 Å². The van der Waals surface area contributed by atoms with Crippen molar-refractivity contribution < 1.29 is 4.79 Å². The molecule has 2 amide bonds. The molecular weight excluding hydrogens is 220 g/mol. The summed E-state index contributed by atoms with van der Waals surface area (Å²) in [6.07, 6.45) is 0.712. The zero-order valence-electron chi connectivity index (χ0n) is 7.48. The van der Waals surface area contributed by atoms with E-state index in [1.165, 1.54) is 4.31 Å². The molecule has 5 heteroatoms. The van der Waals surface area contributed by atoms with Gasteiger partial charge in [-0.15, -0.1) is 0 Å². The van der Waals surface area contributed by atoms with E-state index in [1.807, 2.05) is 24.3 Å². The van der Waals surface area contributed by atoms with Gasteiger partial charge in [-0.25, -0.2) is 4.79 Å². The number of rotatable bonds is 3. The first-order valence-electron chi connectivity index (χ1n) is 4.10. The molecule has 0 unspecified atom stereocenters. The van der Waals surface area contributed by atoms with Crippen LogP contribution in [0.1, 0.15) is 5.56 Å². The average Bonchev–Trinajstić information content (AvgIpc) is 2.16. The third kappa shape index (κ3) is 3.47. The molecule has 0 saturated heterocycles. The number of thiol groups is 1. The Bertz CT molecular complexity index is 315. The summed E-state index contributed by atoms with van der Waals surface area (Å²) < 4.78 is 1.18. The molecule has 1 rings (SSSR count). The monoisotopic (exact) mass is 230 g/mol. The number of nitrogens with two attached hydrogens (primary N) is 1. The highest BCUT2D eigenvalue weighted by Crippen LogP contribution is 2.10. The van der Waals surface area contributed by atoms with Gasteiger partial charge < -0.3 is 5.73 Å². The molecule has 2 N–H and O–H groups in total. The number of primary amides is 1. The molecule has 0 aliphatic heterocycles. The van der Waals surface area contributed by atoms with E-state index in [1.54, 1.807) is 0 Å². The van der Waals surface area contributed by atoms with Crippen LogP contribution < -0.4 is 5.73 Å². The van der Waals surface area contributed by atoms with Crippen molar-refractivity contribution in [1.82, 2.24) is 4.31 Å². The Kier molecular flexibility index (Phi) is 4.10. The summed E-state index contributed by atoms with van der Waals surface area (Å²) in [4.78, 5) is 10.6. The molecule has 0 atom stereocenters. The number of nitrogens with zero attached hydrogens (tertiary/aromatic N) is 1. The van der Waals surface area contributed by atoms with Gasteiger partial charge in [0.15, 0.2) is 0 Å². The van der Waals surface area contributed by atoms with Crippen molar-refractivity contribution in [3.8, 4) is 0 Å². The van der Waals surface area contributed by atoms with Gasteiger partial charge >= 0.3 is 6.03 Å². The van der Waals surface area contributed by atoms with Crippen molar-refractivity contribution in [2.75, 3.05) is 6.54 Å². The second-order valence-electron chi connectivity index (χ2n) is 2.84. The van der Waals surface area contributed by atoms with Crippen LogP contribution in [-0.2, 0) is 6.42 Å². The van der Waals surface area contributed by atoms with Crippen molar-refractivity contribution in [2.45, 2.75) is 6.42 Å². The van der Waals surface area contributed by atoms with Gasteiger partial charge in [-0.2, -0.15) is 0 Å². The molecule has 0 spiro atoms. The first-order valence-corrected chi connectivity index (χ1v) is 4.87. The minimum Gasteiger partial charge on any atom is -0.351 e. The summed E-state index contributed by atoms with van der Waals surface area (Å²) in [6.45, 7) is 0.486. The molecule has 3 nitrogen and oxygen atoms in total. The molecule has 0 bridgehead atoms. The van der Waals surface area contributed by atoms with Crippen LogP contribution >= 0.6 is 24.4 Å². The van der Waals surface area contributed by atoms with Gasteiger partial charge in [-0.1, -0.05) is 36.5 Å². The minimum absolute atomic E-state index is 0.486. The van der Waals surface area contributed by atoms with Crippen LogP contribution in [0.2, 0.25) is 5.02 Å². The molecule has 1 aromatic carbocycles. The number of hydrogen-bond donors (Lipinski definition) is 2. The minimum atomic E-state index is -0.540. The first-order chi connectivity index (χ1) is 6.59. The van der Waals surface area contributed by atoms with Crippen molar-refractivity contribution in [3.05, 3.63) is 34.9 Å². The summed E-state index contributed by atoms with van der Waals surface area (Å²) in [7, 11) is 0. The van der Waals surface area contributed by atoms with Crippen LogP contribution in [0, 0.1) is 0 Å². The Hall–Kier alpha value is -0.870. The fraction of sp³-hybridized carbons (Fsp3) is 0.222. The van der Waals surface area contributed by atoms with Gasteiger partial charge in [-0.3, -0.25) is 4.31 Å². The summed E-state index contributed by atoms with van der Waals surface area (Å²) >= 11 is 9.63. The molecular formula is C9H11ClN2OS. The van der Waals surface area contributed by atoms with E-state index in [-0.39, 0.29) is 0 Å². The SMILES string of the molecule is NC(=O)N(S)CCc1ccc(Cl)cc1. The Morgan fingerprint density at radius 3 is 2.50 bits per heavy atom. The Morgan fingerprint density at radius 1 is 1.43 bits per heavy atom. The molecule has 14 heavy (non-hydrogen) atoms. The molecule has 0 aliphatic carbocycles. The lowest BCUT2D eigenvalue weighted by Gasteiger charge is -2.11. The van der Waals surface area contributed by atoms with Crippen LogP contribution in [-0.4, -0.2) is 16.9 Å². The quantitative estimate of drug-likeness (QED) is 0.768. The summed E-state index contributed by atoms with van der Waals surface area (Å²) in [5.41, 5.74) is 6.11. The molecule has 76 valence electrons. The Labute approximate surface area is 93.4 Å². The van der Waals surface area contributed by atoms with E-state index >= 15 is 0 Å². The fourth-order valence-electron chi connectivity index (χ4n) is 0.996. The number of carbonyl (C=O) groups is 1. The molecule has 0 aliphatic rings. The van der Waals surface area contributed by atoms with E-state index in [4.69, 9.17) is 17.3 Å². The zero-order chi connectivity index (χ0) is 10.6. The number of hydrogen-bond acceptors (Lipinski definition) is 2. The summed E-state index contributed by atoms with van der Waals surface area (Å²) in [5.74, 6) is 0. The predicted octanol–water partition coefficient (Wildman–Crippen LogP) is 2.11. The fourth-order valence-corrected chi connectivity index (χ4v) is 1.22. The van der Waals surface area contributed by atoms with Crippen molar-refractivity contribution >= 4 is 30.4 Å². The summed E-state index contributed by atoms with van der Waals surface area (Å²) in [5, 5.41) is 0.700. The van der Waals surface area contributed by atoms with E-state index in [9.17, 15) is 4.79 Å². The maximum atomic E-state index is 10.6. The van der Waals surface area contributed by atoms with E-state index in [0.717, 1.165) is 5.56 Å². The van der Waals surface area contributed by atoms with E-state index in [0.29, 0.717) is 18.0 Å². The number of benzene rings is 1. The topological polar surface area (TPSA) is 46.3 Å². The molecule has 0 aromatic heterocycles. The van der Waals surface area contributed by atoms with Gasteiger partial charge in [0.2, 0.25) is 0 Å². The highest BCUT2D eigenvalue weighted by Gasteiger charge is 2.03. The highest BCUT2D eigenvalue weighted by molar-refractivity contribution is 7.78. The third-order valence-corrected chi connectivity index (χ3v) is 2.43. The number of urea groups is 1. The lowest BCUT2D eigenvalue weighted by molar-refractivity contribution is 0.235. The van der Waals surface area contributed by atoms with Gasteiger partial charge in [-0.05, 0) is 24.1 Å². The lowest BCUT2D eigenvalue weighted by atomic mass is 10.1. The molecule has 0 heterocycles. The number of amides is 2. The van der Waals surface area contributed by atoms with Gasteiger partial charge in [0.05, 0.1) is 0 Å². The molecule has 0 saturated carbocycles. The molecule has 0 radical (unpaired) electrons. The normalized spacial score (nSPS) is 9.86. The zero-order valence-corrected chi connectivity index (χ0v) is 9.13. The van der Waals surface area contributed by atoms with E-state index < -0.39 is 6.03 Å². The van der Waals surface area contributed by atoms with Crippen molar-refractivity contribution in [1.29, 1.82) is 0 Å². The predicted molar refractivity (Wildman–Crippen MR) is 60.4 cm³/mol. The van der Waals surface area contributed by atoms with Gasteiger partial charge in [0.1, 0.15) is 0 Å². The van der Waals surface area contributed by atoms with Crippen LogP contribution in [0.5, 0.6) is 0 Å². The standard InChI is InChI=1S/C9H11ClN2OS/c10-8-3-1-7(2-4-8)5-6-12(14)9(11)13/h1-4,14H,5-6H2,(H2,11,13). The highest BCUT2D eigenvalue weighted by atomic mass is 35.5. The average molecular weight is 231 g/mol. The third-order valence-electron chi connectivity index (χ3n) is 1.78. The van der Waals surface area contributed by atoms with Gasteiger partial charge in [0.25, 0.3) is 0 Å². The number of carbonyl (C=O) groups excluding carboxylic acids is 1. The second kappa shape index (κ2) is 5.12. The maximum Gasteiger partial charge on any atom is 0.324 e. The van der Waals surface area contributed by atoms with Gasteiger partial charge in [0, 0.05) is 11.6 Å². The van der Waals surface area contributed by atoms with Crippen LogP contribution in [0.4, 0.5) is 4.79 Å². The maximum absolute atomic E-state index is 10.6. The van der Waals surface area contributed by atoms with Crippen molar-refractivity contribution in [2.24, 2.45) is 5.73 Å². The largest absolute Gasteiger partial charge is 0.351 e. The Balaban J connectivity index is 2.46. The first kappa shape index (κ1) is 11.2. The smallest absolute Gasteiger partial charge is 0.324 e. The van der Waals surface area contributed by atoms with Crippen LogP contribution in [0.25, 0.3) is 0 Å². The van der Waals surface area contributed by atoms with Crippen LogP contribution in [0.3, 0.4) is 0 Å². The lowest BCUT2D eigenvalue weighted by Crippen LogP contribution is -2.29. The number of halogens is 1. The van der Waals surface area contributed by atoms with Crippen molar-refractivity contribution in [3.63, 3.8) is 0 Å². The summed E-state index contributed by atoms with van der Waals surface area (Å²) in [6, 6.07) is 6.89.